The molecule has 1 aliphatic heterocycles. The number of hydrogen-bond donors (Lipinski definition) is 3. The lowest BCUT2D eigenvalue weighted by molar-refractivity contribution is -0.142. The average Bonchev–Trinajstić information content (AvgIpc) is 3.56. The van der Waals surface area contributed by atoms with E-state index in [9.17, 15) is 4.79 Å². The van der Waals surface area contributed by atoms with E-state index in [1.54, 1.807) is 75.6 Å². The smallest absolute Gasteiger partial charge is 0.456 e. The van der Waals surface area contributed by atoms with Crippen molar-refractivity contribution in [2.45, 2.75) is 109 Å². The van der Waals surface area contributed by atoms with Crippen LogP contribution in [0, 0.1) is 11.3 Å². The number of carbonyl (C=O) groups is 3. The number of ether oxygens (including phenoxy) is 3. The molecule has 5 atom stereocenters. The molecule has 3 amide bonds. The summed E-state index contributed by atoms with van der Waals surface area (Å²) in [5.41, 5.74) is 1.36. The van der Waals surface area contributed by atoms with E-state index in [0.29, 0.717) is 28.1 Å². The van der Waals surface area contributed by atoms with Crippen LogP contribution in [0.1, 0.15) is 73.1 Å². The molecule has 14 nitrogen and oxygen atoms in total. The van der Waals surface area contributed by atoms with Crippen LogP contribution in [0.15, 0.2) is 128 Å². The maximum absolute atomic E-state index is 15.4. The number of likely N-dealkylation sites (tertiary alicyclic amines) is 1. The van der Waals surface area contributed by atoms with Gasteiger partial charge in [0.15, 0.2) is 5.28 Å². The van der Waals surface area contributed by atoms with E-state index in [0.717, 1.165) is 31.2 Å². The lowest BCUT2D eigenvalue weighted by Gasteiger charge is -2.36. The zero-order valence-electron chi connectivity index (χ0n) is 39.6. The molecule has 0 spiro atoms. The van der Waals surface area contributed by atoms with Gasteiger partial charge in [0, 0.05) is 41.5 Å². The van der Waals surface area contributed by atoms with Gasteiger partial charge in [-0.1, -0.05) is 93.6 Å². The number of aliphatic hydroxyl groups is 1. The van der Waals surface area contributed by atoms with Gasteiger partial charge in [0.05, 0.1) is 24.9 Å². The second-order valence-corrected chi connectivity index (χ2v) is 21.0. The van der Waals surface area contributed by atoms with E-state index < -0.39 is 60.3 Å². The molecule has 68 heavy (non-hydrogen) atoms. The van der Waals surface area contributed by atoms with Crippen LogP contribution in [-0.2, 0) is 18.9 Å². The van der Waals surface area contributed by atoms with Gasteiger partial charge in [-0.2, -0.15) is 0 Å². The number of benzene rings is 4. The number of para-hydroxylation sites is 2. The third kappa shape index (κ3) is 11.7. The molecule has 15 heteroatoms. The van der Waals surface area contributed by atoms with Crippen molar-refractivity contribution in [1.82, 2.24) is 20.5 Å². The number of alkyl carbamates (subject to hydrolysis) is 1. The first-order valence-electron chi connectivity index (χ1n) is 23.2. The Labute approximate surface area is 398 Å². The van der Waals surface area contributed by atoms with E-state index in [-0.39, 0.29) is 43.1 Å². The first-order valence-corrected chi connectivity index (χ1v) is 24.8. The molecule has 0 unspecified atom stereocenters. The summed E-state index contributed by atoms with van der Waals surface area (Å²) < 4.78 is 46.1. The number of aliphatic hydroxyl groups excluding tert-OH is 1. The van der Waals surface area contributed by atoms with Gasteiger partial charge >= 0.3 is 13.7 Å². The molecule has 360 valence electrons. The number of rotatable bonds is 15. The predicted molar refractivity (Wildman–Crippen MR) is 262 cm³/mol. The van der Waals surface area contributed by atoms with Gasteiger partial charge in [-0.05, 0) is 87.8 Å². The lowest BCUT2D eigenvalue weighted by Crippen LogP contribution is -2.58. The molecule has 0 bridgehead atoms. The average molecular weight is 947 g/mol. The number of hydrogen-bond acceptors (Lipinski definition) is 11. The maximum Gasteiger partial charge on any atom is 0.456 e. The van der Waals surface area contributed by atoms with Gasteiger partial charge in [0.2, 0.25) is 11.8 Å². The highest BCUT2D eigenvalue weighted by atomic mass is 31.2. The Morgan fingerprint density at radius 3 is 2.00 bits per heavy atom. The SMILES string of the molecule is C=C[C@@H]1C[C@]1(NC(=O)[C@@H]1C[C@@H](Oc2cc(-c3ccccc3)nc3cc(OC)ccc23)CN1C(=O)[C@@H](NC(=O)OC1CCCC1)C(C)(C)C)P(=O)(Oc1ccccc1)Oc1ccccc1.CC(C)O. The maximum atomic E-state index is 15.4. The van der Waals surface area contributed by atoms with Gasteiger partial charge in [-0.15, -0.1) is 6.58 Å². The minimum atomic E-state index is -4.31. The van der Waals surface area contributed by atoms with Crippen molar-refractivity contribution in [3.8, 4) is 34.3 Å². The molecule has 3 aliphatic rings. The fourth-order valence-corrected chi connectivity index (χ4v) is 11.0. The van der Waals surface area contributed by atoms with Crippen LogP contribution in [-0.4, -0.2) is 82.2 Å². The van der Waals surface area contributed by atoms with E-state index in [4.69, 9.17) is 33.3 Å². The highest BCUT2D eigenvalue weighted by molar-refractivity contribution is 7.57. The minimum Gasteiger partial charge on any atom is -0.497 e. The summed E-state index contributed by atoms with van der Waals surface area (Å²) in [5.74, 6) is 0.109. The monoisotopic (exact) mass is 946 g/mol. The molecule has 2 heterocycles. The number of methoxy groups -OCH3 is 1. The van der Waals surface area contributed by atoms with E-state index in [1.807, 2.05) is 87.5 Å². The fraction of sp³-hybridized carbons (Fsp3) is 0.396. The number of carbonyl (C=O) groups excluding carboxylic acids is 3. The molecule has 3 N–H and O–H groups in total. The molecule has 5 aromatic rings. The molecule has 2 saturated carbocycles. The molecule has 4 aromatic carbocycles. The summed E-state index contributed by atoms with van der Waals surface area (Å²) in [6, 6.07) is 32.1. The third-order valence-corrected chi connectivity index (χ3v) is 14.7. The highest BCUT2D eigenvalue weighted by Crippen LogP contribution is 2.72. The Balaban J connectivity index is 0.00000165. The van der Waals surface area contributed by atoms with Crippen molar-refractivity contribution in [1.29, 1.82) is 0 Å². The zero-order valence-corrected chi connectivity index (χ0v) is 40.5. The van der Waals surface area contributed by atoms with Crippen molar-refractivity contribution in [2.24, 2.45) is 11.3 Å². The first kappa shape index (κ1) is 49.5. The van der Waals surface area contributed by atoms with Gasteiger partial charge in [-0.25, -0.2) is 14.3 Å². The van der Waals surface area contributed by atoms with E-state index in [1.165, 1.54) is 4.90 Å². The number of aromatic nitrogens is 1. The predicted octanol–water partition coefficient (Wildman–Crippen LogP) is 10.1. The second-order valence-electron chi connectivity index (χ2n) is 18.9. The van der Waals surface area contributed by atoms with Crippen LogP contribution in [0.2, 0.25) is 0 Å². The van der Waals surface area contributed by atoms with Crippen molar-refractivity contribution in [2.75, 3.05) is 13.7 Å². The van der Waals surface area contributed by atoms with Gasteiger partial charge in [0.25, 0.3) is 0 Å². The summed E-state index contributed by atoms with van der Waals surface area (Å²) in [4.78, 5) is 50.0. The van der Waals surface area contributed by atoms with Gasteiger partial charge < -0.3 is 43.9 Å². The largest absolute Gasteiger partial charge is 0.497 e. The first-order chi connectivity index (χ1) is 32.5. The molecular weight excluding hydrogens is 884 g/mol. The Morgan fingerprint density at radius 2 is 1.46 bits per heavy atom. The van der Waals surface area contributed by atoms with Crippen LogP contribution in [0.4, 0.5) is 4.79 Å². The molecule has 1 saturated heterocycles. The summed E-state index contributed by atoms with van der Waals surface area (Å²) in [6.07, 6.45) is 3.54. The topological polar surface area (TPSA) is 175 Å². The summed E-state index contributed by atoms with van der Waals surface area (Å²) in [5, 5.41) is 13.2. The summed E-state index contributed by atoms with van der Waals surface area (Å²) in [7, 11) is -2.72. The molecular formula is C53H63N4O10P. The van der Waals surface area contributed by atoms with E-state index in [2.05, 4.69) is 17.2 Å². The lowest BCUT2D eigenvalue weighted by atomic mass is 9.85. The fourth-order valence-electron chi connectivity index (χ4n) is 8.64. The molecule has 3 fully saturated rings. The summed E-state index contributed by atoms with van der Waals surface area (Å²) >= 11 is 0. The van der Waals surface area contributed by atoms with Crippen molar-refractivity contribution >= 4 is 36.4 Å². The number of nitrogens with zero attached hydrogens (tertiary/aromatic N) is 2. The van der Waals surface area contributed by atoms with Crippen molar-refractivity contribution < 1.29 is 47.3 Å². The minimum absolute atomic E-state index is 0.0138. The Kier molecular flexibility index (Phi) is 15.5. The van der Waals surface area contributed by atoms with Crippen molar-refractivity contribution in [3.05, 3.63) is 128 Å². The van der Waals surface area contributed by atoms with Crippen LogP contribution in [0.25, 0.3) is 22.2 Å². The standard InChI is InChI=1S/C50H55N4O9P.C3H8O/c1-6-34-31-50(34,64(58,62-36-22-12-8-13-23-36)63-37-24-14-9-15-25-37)53-46(55)43-29-39(32-54(43)47(56)45(49(2,3)4)52-48(57)61-35-20-16-17-21-35)60-44-30-41(33-18-10-7-11-19-33)51-42-28-38(59-5)26-27-40(42)44;1-3(2)4/h6-15,18-19,22-28,30,34-35,39,43,45H,1,16-17,20-21,29,31-32H2,2-5H3,(H,52,57)(H,53,55);3-4H,1-2H3/t34-,39-,43+,45-,50+;/m1./s1. The Morgan fingerprint density at radius 1 is 0.868 bits per heavy atom. The van der Waals surface area contributed by atoms with E-state index >= 15 is 14.2 Å². The van der Waals surface area contributed by atoms with Crippen LogP contribution < -0.4 is 29.2 Å². The Hall–Kier alpha value is -6.37. The van der Waals surface area contributed by atoms with Crippen LogP contribution in [0.3, 0.4) is 0 Å². The van der Waals surface area contributed by atoms with Crippen LogP contribution in [0.5, 0.6) is 23.0 Å². The number of fused-ring (bicyclic) bond motifs is 1. The Bertz CT molecular complexity index is 2540. The van der Waals surface area contributed by atoms with Gasteiger partial charge in [0.1, 0.15) is 47.3 Å². The van der Waals surface area contributed by atoms with Crippen molar-refractivity contribution in [3.63, 3.8) is 0 Å². The second kappa shape index (κ2) is 21.3. The quantitative estimate of drug-likeness (QED) is 0.0673. The molecule has 1 aromatic heterocycles. The van der Waals surface area contributed by atoms with Crippen LogP contribution >= 0.6 is 7.60 Å². The number of pyridine rings is 1. The normalized spacial score (nSPS) is 20.6. The number of nitrogens with one attached hydrogen (secondary N) is 2. The van der Waals surface area contributed by atoms with Gasteiger partial charge in [-0.3, -0.25) is 9.59 Å². The third-order valence-electron chi connectivity index (χ3n) is 12.2. The zero-order chi connectivity index (χ0) is 48.6. The highest BCUT2D eigenvalue weighted by Gasteiger charge is 2.71. The molecule has 2 aliphatic carbocycles. The molecule has 8 rings (SSSR count). The summed E-state index contributed by atoms with van der Waals surface area (Å²) in [6.45, 7) is 13.0. The molecule has 0 radical (unpaired) electrons. The number of amides is 3.